The van der Waals surface area contributed by atoms with Crippen LogP contribution in [0.3, 0.4) is 0 Å². The number of carbonyl (C=O) groups excluding carboxylic acids is 1. The van der Waals surface area contributed by atoms with E-state index in [0.29, 0.717) is 31.6 Å². The Kier molecular flexibility index (Phi) is 7.16. The number of carbonyl (C=O) groups is 1. The van der Waals surface area contributed by atoms with Gasteiger partial charge in [0.1, 0.15) is 0 Å². The van der Waals surface area contributed by atoms with Gasteiger partial charge in [0, 0.05) is 25.8 Å². The molecule has 6 nitrogen and oxygen atoms in total. The Morgan fingerprint density at radius 2 is 1.78 bits per heavy atom. The molecule has 4 aromatic rings. The summed E-state index contributed by atoms with van der Waals surface area (Å²) in [6, 6.07) is 26.1. The average molecular weight is 490 g/mol. The minimum absolute atomic E-state index is 0.0511. The van der Waals surface area contributed by atoms with Crippen molar-refractivity contribution in [2.24, 2.45) is 0 Å². The Labute approximate surface area is 218 Å². The van der Waals surface area contributed by atoms with Crippen LogP contribution in [0.4, 0.5) is 0 Å². The molecule has 5 rings (SSSR count). The molecule has 1 aliphatic rings. The van der Waals surface area contributed by atoms with E-state index < -0.39 is 0 Å². The standard InChI is InChI=1S/C31H31N5O/c1-22-7-3-4-9-27(22)19-35-20-28-10-6-5-8-26(28)15-30(31(35)37)34-18-29-17-33-21-36(29)23(2)25-13-11-24(16-32)12-14-25/h3-14,17,21,23,30,34H,15,18-20H2,1-2H3. The Morgan fingerprint density at radius 3 is 2.54 bits per heavy atom. The second kappa shape index (κ2) is 10.8. The maximum Gasteiger partial charge on any atom is 0.240 e. The maximum absolute atomic E-state index is 13.8. The van der Waals surface area contributed by atoms with E-state index in [4.69, 9.17) is 5.26 Å². The molecule has 186 valence electrons. The molecule has 0 radical (unpaired) electrons. The maximum atomic E-state index is 13.8. The van der Waals surface area contributed by atoms with E-state index in [1.165, 1.54) is 22.3 Å². The Bertz CT molecular complexity index is 1430. The lowest BCUT2D eigenvalue weighted by atomic mass is 10.0. The number of amides is 1. The molecule has 2 heterocycles. The molecular weight excluding hydrogens is 458 g/mol. The van der Waals surface area contributed by atoms with Crippen LogP contribution in [-0.2, 0) is 30.8 Å². The highest BCUT2D eigenvalue weighted by Crippen LogP contribution is 2.24. The molecule has 1 aliphatic heterocycles. The fourth-order valence-corrected chi connectivity index (χ4v) is 5.05. The van der Waals surface area contributed by atoms with E-state index in [-0.39, 0.29) is 18.0 Å². The summed E-state index contributed by atoms with van der Waals surface area (Å²) in [7, 11) is 0. The summed E-state index contributed by atoms with van der Waals surface area (Å²) in [5.41, 5.74) is 7.52. The second-order valence-electron chi connectivity index (χ2n) is 9.73. The average Bonchev–Trinajstić information content (AvgIpc) is 3.35. The van der Waals surface area contributed by atoms with Crippen LogP contribution in [0.2, 0.25) is 0 Å². The minimum atomic E-state index is -0.332. The molecule has 37 heavy (non-hydrogen) atoms. The van der Waals surface area contributed by atoms with Crippen molar-refractivity contribution in [1.82, 2.24) is 19.8 Å². The van der Waals surface area contributed by atoms with Crippen LogP contribution in [-0.4, -0.2) is 26.4 Å². The van der Waals surface area contributed by atoms with Crippen molar-refractivity contribution in [1.29, 1.82) is 5.26 Å². The summed E-state index contributed by atoms with van der Waals surface area (Å²) in [4.78, 5) is 20.2. The van der Waals surface area contributed by atoms with Crippen molar-refractivity contribution < 1.29 is 4.79 Å². The molecule has 1 aromatic heterocycles. The molecule has 1 amide bonds. The highest BCUT2D eigenvalue weighted by molar-refractivity contribution is 5.83. The zero-order valence-electron chi connectivity index (χ0n) is 21.3. The predicted molar refractivity (Wildman–Crippen MR) is 143 cm³/mol. The van der Waals surface area contributed by atoms with Gasteiger partial charge in [-0.3, -0.25) is 10.1 Å². The number of imidazole rings is 1. The quantitative estimate of drug-likeness (QED) is 0.400. The van der Waals surface area contributed by atoms with Crippen LogP contribution in [0, 0.1) is 18.3 Å². The van der Waals surface area contributed by atoms with Crippen molar-refractivity contribution in [3.05, 3.63) is 124 Å². The first kappa shape index (κ1) is 24.5. The van der Waals surface area contributed by atoms with Crippen molar-refractivity contribution >= 4 is 5.91 Å². The lowest BCUT2D eigenvalue weighted by molar-refractivity contribution is -0.134. The monoisotopic (exact) mass is 489 g/mol. The smallest absolute Gasteiger partial charge is 0.240 e. The van der Waals surface area contributed by atoms with Crippen LogP contribution < -0.4 is 5.32 Å². The largest absolute Gasteiger partial charge is 0.333 e. The Hall–Kier alpha value is -4.21. The number of nitriles is 1. The Balaban J connectivity index is 1.36. The Morgan fingerprint density at radius 1 is 1.05 bits per heavy atom. The van der Waals surface area contributed by atoms with Gasteiger partial charge in [0.15, 0.2) is 0 Å². The first-order valence-electron chi connectivity index (χ1n) is 12.7. The molecule has 6 heteroatoms. The highest BCUT2D eigenvalue weighted by Gasteiger charge is 2.30. The van der Waals surface area contributed by atoms with Gasteiger partial charge >= 0.3 is 0 Å². The molecule has 0 fully saturated rings. The second-order valence-corrected chi connectivity index (χ2v) is 9.73. The van der Waals surface area contributed by atoms with Gasteiger partial charge in [-0.1, -0.05) is 60.7 Å². The normalized spacial score (nSPS) is 16.1. The minimum Gasteiger partial charge on any atom is -0.333 e. The van der Waals surface area contributed by atoms with E-state index in [9.17, 15) is 4.79 Å². The van der Waals surface area contributed by atoms with E-state index >= 15 is 0 Å². The zero-order chi connectivity index (χ0) is 25.8. The van der Waals surface area contributed by atoms with Gasteiger partial charge in [-0.2, -0.15) is 5.26 Å². The predicted octanol–water partition coefficient (Wildman–Crippen LogP) is 4.92. The van der Waals surface area contributed by atoms with Gasteiger partial charge in [0.2, 0.25) is 5.91 Å². The number of aromatic nitrogens is 2. The third-order valence-electron chi connectivity index (χ3n) is 7.35. The van der Waals surface area contributed by atoms with Crippen molar-refractivity contribution in [3.63, 3.8) is 0 Å². The van der Waals surface area contributed by atoms with E-state index in [2.05, 4.69) is 59.1 Å². The molecule has 0 bridgehead atoms. The lowest BCUT2D eigenvalue weighted by Crippen LogP contribution is -2.45. The molecular formula is C31H31N5O. The van der Waals surface area contributed by atoms with E-state index in [1.807, 2.05) is 66.0 Å². The van der Waals surface area contributed by atoms with Gasteiger partial charge in [0.05, 0.1) is 35.7 Å². The summed E-state index contributed by atoms with van der Waals surface area (Å²) in [6.07, 6.45) is 4.33. The third-order valence-corrected chi connectivity index (χ3v) is 7.35. The van der Waals surface area contributed by atoms with Crippen molar-refractivity contribution in [3.8, 4) is 6.07 Å². The van der Waals surface area contributed by atoms with Gasteiger partial charge in [-0.25, -0.2) is 4.98 Å². The number of benzene rings is 3. The number of fused-ring (bicyclic) bond motifs is 1. The molecule has 3 aromatic carbocycles. The van der Waals surface area contributed by atoms with Gasteiger partial charge in [-0.05, 0) is 60.2 Å². The molecule has 1 N–H and O–H groups in total. The zero-order valence-corrected chi connectivity index (χ0v) is 21.3. The summed E-state index contributed by atoms with van der Waals surface area (Å²) in [6.45, 7) is 5.93. The molecule has 0 saturated heterocycles. The lowest BCUT2D eigenvalue weighted by Gasteiger charge is -2.26. The topological polar surface area (TPSA) is 74.0 Å². The molecule has 2 unspecified atom stereocenters. The molecule has 0 saturated carbocycles. The first-order valence-corrected chi connectivity index (χ1v) is 12.7. The van der Waals surface area contributed by atoms with E-state index in [1.54, 1.807) is 0 Å². The fourth-order valence-electron chi connectivity index (χ4n) is 5.05. The number of hydrogen-bond donors (Lipinski definition) is 1. The fraction of sp³-hybridized carbons (Fsp3) is 0.258. The van der Waals surface area contributed by atoms with Gasteiger partial charge < -0.3 is 9.47 Å². The van der Waals surface area contributed by atoms with Crippen LogP contribution in [0.15, 0.2) is 85.3 Å². The number of nitrogens with zero attached hydrogens (tertiary/aromatic N) is 4. The number of hydrogen-bond acceptors (Lipinski definition) is 4. The highest BCUT2D eigenvalue weighted by atomic mass is 16.2. The number of nitrogens with one attached hydrogen (secondary N) is 1. The summed E-state index contributed by atoms with van der Waals surface area (Å²) in [5, 5.41) is 12.7. The SMILES string of the molecule is Cc1ccccc1CN1Cc2ccccc2CC(NCc2cncn2C(C)c2ccc(C#N)cc2)C1=O. The number of rotatable bonds is 7. The summed E-state index contributed by atoms with van der Waals surface area (Å²) >= 11 is 0. The van der Waals surface area contributed by atoms with Crippen LogP contribution in [0.1, 0.15) is 52.0 Å². The van der Waals surface area contributed by atoms with Gasteiger partial charge in [0.25, 0.3) is 0 Å². The van der Waals surface area contributed by atoms with Crippen LogP contribution >= 0.6 is 0 Å². The van der Waals surface area contributed by atoms with E-state index in [0.717, 1.165) is 11.3 Å². The van der Waals surface area contributed by atoms with Crippen LogP contribution in [0.25, 0.3) is 0 Å². The molecule has 2 atom stereocenters. The molecule has 0 aliphatic carbocycles. The molecule has 0 spiro atoms. The third kappa shape index (κ3) is 5.32. The van der Waals surface area contributed by atoms with Crippen molar-refractivity contribution in [2.75, 3.05) is 0 Å². The number of aryl methyl sites for hydroxylation is 1. The van der Waals surface area contributed by atoms with Crippen molar-refractivity contribution in [2.45, 2.75) is 52.0 Å². The summed E-state index contributed by atoms with van der Waals surface area (Å²) in [5.74, 6) is 0.116. The first-order chi connectivity index (χ1) is 18.0. The van der Waals surface area contributed by atoms with Crippen LogP contribution in [0.5, 0.6) is 0 Å². The van der Waals surface area contributed by atoms with Gasteiger partial charge in [-0.15, -0.1) is 0 Å². The summed E-state index contributed by atoms with van der Waals surface area (Å²) < 4.78 is 2.12.